The Hall–Kier alpha value is -1.81. The zero-order chi connectivity index (χ0) is 14.1. The Labute approximate surface area is 120 Å². The molecule has 1 aromatic carbocycles. The number of rotatable bonds is 3. The molecule has 0 aliphatic carbocycles. The van der Waals surface area contributed by atoms with Crippen molar-refractivity contribution in [1.29, 1.82) is 0 Å². The number of nitrogens with zero attached hydrogens (tertiary/aromatic N) is 3. The fourth-order valence-corrected chi connectivity index (χ4v) is 2.89. The van der Waals surface area contributed by atoms with E-state index < -0.39 is 0 Å². The zero-order valence-electron chi connectivity index (χ0n) is 12.3. The lowest BCUT2D eigenvalue weighted by molar-refractivity contribution is 0.100. The van der Waals surface area contributed by atoms with Crippen molar-refractivity contribution in [2.24, 2.45) is 0 Å². The summed E-state index contributed by atoms with van der Waals surface area (Å²) < 4.78 is 7.50. The fraction of sp³-hybridized carbons (Fsp3) is 0.438. The van der Waals surface area contributed by atoms with Gasteiger partial charge in [0.25, 0.3) is 0 Å². The van der Waals surface area contributed by atoms with Crippen LogP contribution in [0.3, 0.4) is 0 Å². The highest BCUT2D eigenvalue weighted by Gasteiger charge is 2.29. The maximum atomic E-state index is 5.25. The van der Waals surface area contributed by atoms with Gasteiger partial charge in [0.05, 0.1) is 19.7 Å². The molecule has 1 aliphatic heterocycles. The van der Waals surface area contributed by atoms with E-state index in [-0.39, 0.29) is 0 Å². The summed E-state index contributed by atoms with van der Waals surface area (Å²) in [7, 11) is 1.70. The molecule has 0 saturated carbocycles. The quantitative estimate of drug-likeness (QED) is 0.860. The second kappa shape index (κ2) is 5.29. The summed E-state index contributed by atoms with van der Waals surface area (Å²) in [5.74, 6) is 2.06. The van der Waals surface area contributed by atoms with Crippen LogP contribution in [0.2, 0.25) is 0 Å². The largest absolute Gasteiger partial charge is 0.497 e. The minimum absolute atomic E-state index is 0.391. The molecule has 0 amide bonds. The Morgan fingerprint density at radius 2 is 2.00 bits per heavy atom. The van der Waals surface area contributed by atoms with E-state index in [1.807, 2.05) is 18.3 Å². The molecule has 2 heterocycles. The second-order valence-electron chi connectivity index (χ2n) is 5.55. The van der Waals surface area contributed by atoms with E-state index in [1.54, 1.807) is 7.11 Å². The summed E-state index contributed by atoms with van der Waals surface area (Å²) in [5, 5.41) is 0. The number of hydrogen-bond acceptors (Lipinski definition) is 3. The summed E-state index contributed by atoms with van der Waals surface area (Å²) in [4.78, 5) is 6.95. The van der Waals surface area contributed by atoms with Crippen molar-refractivity contribution in [1.82, 2.24) is 14.5 Å². The topological polar surface area (TPSA) is 30.3 Å². The zero-order valence-corrected chi connectivity index (χ0v) is 12.3. The maximum Gasteiger partial charge on any atom is 0.122 e. The van der Waals surface area contributed by atoms with Crippen LogP contribution in [-0.4, -0.2) is 27.6 Å². The Kier molecular flexibility index (Phi) is 3.49. The molecule has 0 bridgehead atoms. The van der Waals surface area contributed by atoms with Crippen molar-refractivity contribution in [3.8, 4) is 5.75 Å². The van der Waals surface area contributed by atoms with Crippen molar-refractivity contribution in [3.05, 3.63) is 48.0 Å². The van der Waals surface area contributed by atoms with Crippen LogP contribution < -0.4 is 4.74 Å². The van der Waals surface area contributed by atoms with Gasteiger partial charge in [0.1, 0.15) is 11.6 Å². The second-order valence-corrected chi connectivity index (χ2v) is 5.55. The third-order valence-electron chi connectivity index (χ3n) is 4.06. The summed E-state index contributed by atoms with van der Waals surface area (Å²) in [6, 6.07) is 9.30. The molecule has 2 aromatic rings. The summed E-state index contributed by atoms with van der Waals surface area (Å²) in [6.07, 6.45) is 3.97. The minimum Gasteiger partial charge on any atom is -0.497 e. The van der Waals surface area contributed by atoms with Crippen LogP contribution in [0.25, 0.3) is 0 Å². The van der Waals surface area contributed by atoms with Crippen molar-refractivity contribution in [3.63, 3.8) is 0 Å². The van der Waals surface area contributed by atoms with E-state index in [9.17, 15) is 0 Å². The normalized spacial score (nSPS) is 19.1. The summed E-state index contributed by atoms with van der Waals surface area (Å²) in [6.45, 7) is 6.35. The molecular formula is C16H21N3O. The van der Waals surface area contributed by atoms with Crippen LogP contribution in [0.4, 0.5) is 0 Å². The van der Waals surface area contributed by atoms with Crippen LogP contribution >= 0.6 is 0 Å². The van der Waals surface area contributed by atoms with E-state index in [0.29, 0.717) is 12.1 Å². The molecule has 20 heavy (non-hydrogen) atoms. The fourth-order valence-electron chi connectivity index (χ4n) is 2.89. The smallest absolute Gasteiger partial charge is 0.122 e. The predicted molar refractivity (Wildman–Crippen MR) is 78.6 cm³/mol. The van der Waals surface area contributed by atoms with Gasteiger partial charge in [0.2, 0.25) is 0 Å². The van der Waals surface area contributed by atoms with Crippen molar-refractivity contribution >= 4 is 0 Å². The van der Waals surface area contributed by atoms with Crippen LogP contribution in [0, 0.1) is 0 Å². The molecular weight excluding hydrogens is 250 g/mol. The third-order valence-corrected chi connectivity index (χ3v) is 4.06. The van der Waals surface area contributed by atoms with Crippen molar-refractivity contribution < 1.29 is 4.74 Å². The summed E-state index contributed by atoms with van der Waals surface area (Å²) >= 11 is 0. The maximum absolute atomic E-state index is 5.25. The molecule has 4 nitrogen and oxygen atoms in total. The molecule has 0 fully saturated rings. The molecule has 0 N–H and O–H groups in total. The van der Waals surface area contributed by atoms with Gasteiger partial charge in [-0.3, -0.25) is 4.90 Å². The van der Waals surface area contributed by atoms with Gasteiger partial charge in [-0.2, -0.15) is 0 Å². The molecule has 1 aromatic heterocycles. The van der Waals surface area contributed by atoms with Crippen LogP contribution in [0.5, 0.6) is 5.75 Å². The number of ether oxygens (including phenoxy) is 1. The first kappa shape index (κ1) is 13.2. The van der Waals surface area contributed by atoms with Crippen LogP contribution in [-0.2, 0) is 13.1 Å². The van der Waals surface area contributed by atoms with Crippen LogP contribution in [0.1, 0.15) is 31.3 Å². The average Bonchev–Trinajstić information content (AvgIpc) is 2.93. The highest BCUT2D eigenvalue weighted by molar-refractivity contribution is 5.29. The SMILES string of the molecule is COc1ccc(C2Cn3ccnc3CN2C(C)C)cc1. The Balaban J connectivity index is 1.93. The molecule has 106 valence electrons. The number of benzene rings is 1. The number of hydrogen-bond donors (Lipinski definition) is 0. The molecule has 0 saturated heterocycles. The number of methoxy groups -OCH3 is 1. The standard InChI is InChI=1S/C16H21N3O/c1-12(2)19-11-16-17-8-9-18(16)10-15(19)13-4-6-14(20-3)7-5-13/h4-9,12,15H,10-11H2,1-3H3. The highest BCUT2D eigenvalue weighted by atomic mass is 16.5. The van der Waals surface area contributed by atoms with E-state index in [2.05, 4.69) is 46.6 Å². The van der Waals surface area contributed by atoms with Crippen molar-refractivity contribution in [2.75, 3.05) is 7.11 Å². The molecule has 1 unspecified atom stereocenters. The van der Waals surface area contributed by atoms with Gasteiger partial charge in [0, 0.05) is 25.0 Å². The Morgan fingerprint density at radius 1 is 1.25 bits per heavy atom. The predicted octanol–water partition coefficient (Wildman–Crippen LogP) is 2.86. The number of aromatic nitrogens is 2. The monoisotopic (exact) mass is 271 g/mol. The molecule has 1 atom stereocenters. The van der Waals surface area contributed by atoms with Crippen molar-refractivity contribution in [2.45, 2.75) is 39.0 Å². The lowest BCUT2D eigenvalue weighted by Gasteiger charge is -2.39. The van der Waals surface area contributed by atoms with E-state index in [1.165, 1.54) is 5.56 Å². The van der Waals surface area contributed by atoms with Gasteiger partial charge < -0.3 is 9.30 Å². The van der Waals surface area contributed by atoms with E-state index >= 15 is 0 Å². The highest BCUT2D eigenvalue weighted by Crippen LogP contribution is 2.31. The lowest BCUT2D eigenvalue weighted by Crippen LogP contribution is -2.41. The van der Waals surface area contributed by atoms with Gasteiger partial charge in [-0.1, -0.05) is 12.1 Å². The summed E-state index contributed by atoms with van der Waals surface area (Å²) in [5.41, 5.74) is 1.33. The van der Waals surface area contributed by atoms with E-state index in [4.69, 9.17) is 4.74 Å². The van der Waals surface area contributed by atoms with Gasteiger partial charge in [-0.25, -0.2) is 4.98 Å². The van der Waals surface area contributed by atoms with Crippen LogP contribution in [0.15, 0.2) is 36.7 Å². The molecule has 0 radical (unpaired) electrons. The molecule has 4 heteroatoms. The molecule has 0 spiro atoms. The Morgan fingerprint density at radius 3 is 2.65 bits per heavy atom. The lowest BCUT2D eigenvalue weighted by atomic mass is 10.0. The van der Waals surface area contributed by atoms with Gasteiger partial charge in [-0.05, 0) is 31.5 Å². The molecule has 1 aliphatic rings. The van der Waals surface area contributed by atoms with E-state index in [0.717, 1.165) is 24.7 Å². The van der Waals surface area contributed by atoms with Gasteiger partial charge in [-0.15, -0.1) is 0 Å². The molecule has 3 rings (SSSR count). The Bertz CT molecular complexity index is 574. The first-order valence-corrected chi connectivity index (χ1v) is 7.08. The number of fused-ring (bicyclic) bond motifs is 1. The van der Waals surface area contributed by atoms with Gasteiger partial charge >= 0.3 is 0 Å². The first-order chi connectivity index (χ1) is 9.69. The number of imidazole rings is 1. The third kappa shape index (κ3) is 2.31. The average molecular weight is 271 g/mol. The first-order valence-electron chi connectivity index (χ1n) is 7.08. The minimum atomic E-state index is 0.391. The van der Waals surface area contributed by atoms with Gasteiger partial charge in [0.15, 0.2) is 0 Å².